The van der Waals surface area contributed by atoms with Crippen molar-refractivity contribution in [3.63, 3.8) is 0 Å². The molecule has 0 saturated heterocycles. The Balaban J connectivity index is 3.37. The van der Waals surface area contributed by atoms with E-state index in [0.717, 1.165) is 38.5 Å². The molecular weight excluding hydrogens is 1130 g/mol. The first-order chi connectivity index (χ1) is 45.5. The van der Waals surface area contributed by atoms with Crippen molar-refractivity contribution in [2.24, 2.45) is 0 Å². The van der Waals surface area contributed by atoms with Crippen LogP contribution in [0.4, 0.5) is 0 Å². The first-order valence-corrected chi connectivity index (χ1v) is 42.3. The zero-order valence-corrected chi connectivity index (χ0v) is 62.6. The molecule has 0 aromatic carbocycles. The molecule has 6 heteroatoms. The fourth-order valence-corrected chi connectivity index (χ4v) is 13.5. The predicted molar refractivity (Wildman–Crippen MR) is 407 cm³/mol. The number of nitrogens with one attached hydrogen (secondary N) is 1. The molecule has 0 heterocycles. The zero-order valence-electron chi connectivity index (χ0n) is 62.6. The zero-order chi connectivity index (χ0) is 66.3. The van der Waals surface area contributed by atoms with Gasteiger partial charge >= 0.3 is 5.97 Å². The summed E-state index contributed by atoms with van der Waals surface area (Å²) in [5.74, 6) is -0.0415. The fraction of sp³-hybridized carbons (Fsp3) is 0.907. The highest BCUT2D eigenvalue weighted by Gasteiger charge is 2.18. The van der Waals surface area contributed by atoms with Gasteiger partial charge in [-0.2, -0.15) is 0 Å². The number of esters is 1. The van der Waals surface area contributed by atoms with Crippen LogP contribution in [0.2, 0.25) is 0 Å². The minimum absolute atomic E-state index is 0.0185. The van der Waals surface area contributed by atoms with E-state index in [-0.39, 0.29) is 18.5 Å². The molecule has 0 fully saturated rings. The van der Waals surface area contributed by atoms with Crippen molar-refractivity contribution in [3.8, 4) is 0 Å². The molecule has 0 radical (unpaired) electrons. The second-order valence-corrected chi connectivity index (χ2v) is 29.2. The molecule has 544 valence electrons. The van der Waals surface area contributed by atoms with Gasteiger partial charge in [-0.3, -0.25) is 9.59 Å². The van der Waals surface area contributed by atoms with Gasteiger partial charge in [0, 0.05) is 12.8 Å². The number of unbranched alkanes of at least 4 members (excludes halogenated alkanes) is 65. The topological polar surface area (TPSA) is 95.9 Å². The van der Waals surface area contributed by atoms with Gasteiger partial charge in [-0.1, -0.05) is 416 Å². The number of carbonyl (C=O) groups excluding carboxylic acids is 2. The van der Waals surface area contributed by atoms with Gasteiger partial charge < -0.3 is 20.3 Å². The molecule has 0 aromatic rings. The summed E-state index contributed by atoms with van der Waals surface area (Å²) in [7, 11) is 0. The standard InChI is InChI=1S/C86H165NO5/c1-3-5-7-9-11-13-15-17-19-21-23-24-25-36-39-43-46-50-54-58-62-66-70-74-78-84(89)83(82-88)87-85(90)79-75-71-67-63-59-55-51-47-44-40-37-34-32-30-28-26-27-29-31-33-35-38-41-45-49-53-57-61-65-69-73-77-81-92-86(91)80-76-72-68-64-60-56-52-48-42-22-20-18-16-14-12-10-8-6-4-2/h18,20,29,31,74,78,83-84,88-89H,3-17,19,21-28,30,32-73,75-77,79-82H2,1-2H3,(H,87,90)/b20-18-,31-29-,78-74+. The van der Waals surface area contributed by atoms with Crippen molar-refractivity contribution in [1.82, 2.24) is 5.32 Å². The Bertz CT molecular complexity index is 1490. The maximum absolute atomic E-state index is 12.6. The number of ether oxygens (including phenoxy) is 1. The summed E-state index contributed by atoms with van der Waals surface area (Å²) in [5, 5.41) is 23.3. The van der Waals surface area contributed by atoms with Crippen LogP contribution in [-0.4, -0.2) is 47.4 Å². The third-order valence-corrected chi connectivity index (χ3v) is 19.9. The number of amides is 1. The largest absolute Gasteiger partial charge is 0.466 e. The Morgan fingerprint density at radius 2 is 0.511 bits per heavy atom. The maximum Gasteiger partial charge on any atom is 0.305 e. The molecule has 3 N–H and O–H groups in total. The quantitative estimate of drug-likeness (QED) is 0.0320. The van der Waals surface area contributed by atoms with Crippen LogP contribution in [0.15, 0.2) is 36.5 Å². The van der Waals surface area contributed by atoms with Crippen molar-refractivity contribution in [2.45, 2.75) is 488 Å². The number of aliphatic hydroxyl groups is 2. The normalized spacial score (nSPS) is 12.6. The van der Waals surface area contributed by atoms with Gasteiger partial charge in [0.15, 0.2) is 0 Å². The molecule has 0 spiro atoms. The lowest BCUT2D eigenvalue weighted by molar-refractivity contribution is -0.143. The summed E-state index contributed by atoms with van der Waals surface area (Å²) in [5.41, 5.74) is 0. The number of rotatable bonds is 80. The molecule has 0 aliphatic rings. The van der Waals surface area contributed by atoms with E-state index in [1.54, 1.807) is 6.08 Å². The Morgan fingerprint density at radius 1 is 0.293 bits per heavy atom. The minimum Gasteiger partial charge on any atom is -0.466 e. The van der Waals surface area contributed by atoms with E-state index in [9.17, 15) is 19.8 Å². The summed E-state index contributed by atoms with van der Waals surface area (Å²) < 4.78 is 5.52. The van der Waals surface area contributed by atoms with Crippen LogP contribution >= 0.6 is 0 Å². The van der Waals surface area contributed by atoms with Gasteiger partial charge in [-0.05, 0) is 83.5 Å². The van der Waals surface area contributed by atoms with Crippen LogP contribution < -0.4 is 5.32 Å². The third-order valence-electron chi connectivity index (χ3n) is 19.9. The Kier molecular flexibility index (Phi) is 79.8. The molecular formula is C86H165NO5. The highest BCUT2D eigenvalue weighted by atomic mass is 16.5. The van der Waals surface area contributed by atoms with Gasteiger partial charge in [0.05, 0.1) is 25.4 Å². The smallest absolute Gasteiger partial charge is 0.305 e. The van der Waals surface area contributed by atoms with E-state index >= 15 is 0 Å². The van der Waals surface area contributed by atoms with Crippen molar-refractivity contribution < 1.29 is 24.5 Å². The lowest BCUT2D eigenvalue weighted by Crippen LogP contribution is -2.45. The average molecular weight is 1290 g/mol. The average Bonchev–Trinajstić information content (AvgIpc) is 3.68. The summed E-state index contributed by atoms with van der Waals surface area (Å²) >= 11 is 0. The second-order valence-electron chi connectivity index (χ2n) is 29.2. The number of hydrogen-bond donors (Lipinski definition) is 3. The molecule has 0 rings (SSSR count). The van der Waals surface area contributed by atoms with E-state index < -0.39 is 12.1 Å². The summed E-state index contributed by atoms with van der Waals surface area (Å²) in [4.78, 5) is 24.7. The van der Waals surface area contributed by atoms with E-state index in [1.165, 1.54) is 411 Å². The summed E-state index contributed by atoms with van der Waals surface area (Å²) in [6, 6.07) is -0.628. The molecule has 0 aliphatic heterocycles. The number of carbonyl (C=O) groups is 2. The van der Waals surface area contributed by atoms with Crippen LogP contribution in [0, 0.1) is 0 Å². The molecule has 92 heavy (non-hydrogen) atoms. The molecule has 0 bridgehead atoms. The van der Waals surface area contributed by atoms with Crippen molar-refractivity contribution in [1.29, 1.82) is 0 Å². The van der Waals surface area contributed by atoms with Crippen LogP contribution in [-0.2, 0) is 14.3 Å². The molecule has 1 amide bonds. The molecule has 0 aliphatic carbocycles. The SMILES string of the molecule is CCCCCCCC/C=C\CCCCCCCCCCCC(=O)OCCCCCCCCCCCCCC/C=C\CCCCCCCCCCCCCCCCCCC(=O)NC(CO)C(O)/C=C/CCCCCCCCCCCCCCCCCCCCCCCC. The third kappa shape index (κ3) is 77.1. The van der Waals surface area contributed by atoms with Gasteiger partial charge in [0.1, 0.15) is 0 Å². The fourth-order valence-electron chi connectivity index (χ4n) is 13.5. The van der Waals surface area contributed by atoms with Crippen molar-refractivity contribution in [2.75, 3.05) is 13.2 Å². The molecule has 6 nitrogen and oxygen atoms in total. The minimum atomic E-state index is -0.845. The highest BCUT2D eigenvalue weighted by molar-refractivity contribution is 5.76. The molecule has 0 saturated carbocycles. The van der Waals surface area contributed by atoms with Gasteiger partial charge in [0.2, 0.25) is 5.91 Å². The summed E-state index contributed by atoms with van der Waals surface area (Å²) in [6.45, 7) is 4.96. The van der Waals surface area contributed by atoms with Gasteiger partial charge in [0.25, 0.3) is 0 Å². The Morgan fingerprint density at radius 3 is 0.772 bits per heavy atom. The maximum atomic E-state index is 12.6. The predicted octanol–water partition coefficient (Wildman–Crippen LogP) is 28.2. The lowest BCUT2D eigenvalue weighted by Gasteiger charge is -2.20. The van der Waals surface area contributed by atoms with Crippen molar-refractivity contribution >= 4 is 11.9 Å². The van der Waals surface area contributed by atoms with Gasteiger partial charge in [-0.25, -0.2) is 0 Å². The molecule has 2 atom stereocenters. The van der Waals surface area contributed by atoms with Crippen LogP contribution in [0.25, 0.3) is 0 Å². The highest BCUT2D eigenvalue weighted by Crippen LogP contribution is 2.20. The van der Waals surface area contributed by atoms with Crippen LogP contribution in [0.5, 0.6) is 0 Å². The molecule has 2 unspecified atom stereocenters. The van der Waals surface area contributed by atoms with E-state index in [4.69, 9.17) is 4.74 Å². The van der Waals surface area contributed by atoms with E-state index in [2.05, 4.69) is 43.5 Å². The molecule has 0 aromatic heterocycles. The Hall–Kier alpha value is -1.92. The first-order valence-electron chi connectivity index (χ1n) is 42.3. The second kappa shape index (κ2) is 81.5. The van der Waals surface area contributed by atoms with Gasteiger partial charge in [-0.15, -0.1) is 0 Å². The lowest BCUT2D eigenvalue weighted by atomic mass is 10.0. The number of allylic oxidation sites excluding steroid dienone is 5. The van der Waals surface area contributed by atoms with Crippen LogP contribution in [0.1, 0.15) is 476 Å². The first kappa shape index (κ1) is 90.1. The Labute approximate surface area is 576 Å². The van der Waals surface area contributed by atoms with E-state index in [1.807, 2.05) is 6.08 Å². The van der Waals surface area contributed by atoms with Crippen LogP contribution in [0.3, 0.4) is 0 Å². The summed E-state index contributed by atoms with van der Waals surface area (Å²) in [6.07, 6.45) is 107. The van der Waals surface area contributed by atoms with E-state index in [0.29, 0.717) is 19.4 Å². The monoisotopic (exact) mass is 1290 g/mol. The number of aliphatic hydroxyl groups excluding tert-OH is 2. The van der Waals surface area contributed by atoms with Crippen molar-refractivity contribution in [3.05, 3.63) is 36.5 Å². The number of hydrogen-bond acceptors (Lipinski definition) is 5.